The SMILES string of the molecule is COCC(C)NC(=O)NCc1ccc(C(=O)O)nc1. The summed E-state index contributed by atoms with van der Waals surface area (Å²) in [7, 11) is 1.56. The number of aromatic nitrogens is 1. The summed E-state index contributed by atoms with van der Waals surface area (Å²) in [6.07, 6.45) is 1.42. The van der Waals surface area contributed by atoms with Gasteiger partial charge in [-0.15, -0.1) is 0 Å². The van der Waals surface area contributed by atoms with Gasteiger partial charge in [0.15, 0.2) is 0 Å². The van der Waals surface area contributed by atoms with Crippen LogP contribution in [0.15, 0.2) is 18.3 Å². The van der Waals surface area contributed by atoms with Crippen molar-refractivity contribution in [3.63, 3.8) is 0 Å². The fourth-order valence-electron chi connectivity index (χ4n) is 1.40. The first-order chi connectivity index (χ1) is 9.02. The van der Waals surface area contributed by atoms with E-state index in [0.29, 0.717) is 6.61 Å². The van der Waals surface area contributed by atoms with Gasteiger partial charge in [-0.25, -0.2) is 14.6 Å². The third-order valence-electron chi connectivity index (χ3n) is 2.29. The van der Waals surface area contributed by atoms with E-state index in [1.807, 2.05) is 6.92 Å². The third kappa shape index (κ3) is 5.35. The molecule has 104 valence electrons. The summed E-state index contributed by atoms with van der Waals surface area (Å²) in [5.74, 6) is -1.08. The Labute approximate surface area is 111 Å². The van der Waals surface area contributed by atoms with Crippen LogP contribution in [-0.2, 0) is 11.3 Å². The van der Waals surface area contributed by atoms with Gasteiger partial charge in [0.25, 0.3) is 0 Å². The second-order valence-electron chi connectivity index (χ2n) is 4.04. The maximum atomic E-state index is 11.5. The molecular formula is C12H17N3O4. The van der Waals surface area contributed by atoms with Crippen LogP contribution in [0.4, 0.5) is 4.79 Å². The van der Waals surface area contributed by atoms with Crippen molar-refractivity contribution < 1.29 is 19.4 Å². The molecule has 1 aromatic rings. The monoisotopic (exact) mass is 267 g/mol. The molecule has 1 heterocycles. The highest BCUT2D eigenvalue weighted by atomic mass is 16.5. The molecule has 0 spiro atoms. The fraction of sp³-hybridized carbons (Fsp3) is 0.417. The van der Waals surface area contributed by atoms with Crippen LogP contribution in [0.5, 0.6) is 0 Å². The minimum atomic E-state index is -1.08. The predicted octanol–water partition coefficient (Wildman–Crippen LogP) is 0.614. The van der Waals surface area contributed by atoms with Gasteiger partial charge in [0.1, 0.15) is 5.69 Å². The van der Waals surface area contributed by atoms with Crippen molar-refractivity contribution in [2.45, 2.75) is 19.5 Å². The molecule has 0 aliphatic carbocycles. The van der Waals surface area contributed by atoms with E-state index in [1.165, 1.54) is 12.3 Å². The van der Waals surface area contributed by atoms with Crippen LogP contribution in [0.2, 0.25) is 0 Å². The fourth-order valence-corrected chi connectivity index (χ4v) is 1.40. The molecule has 3 N–H and O–H groups in total. The summed E-state index contributed by atoms with van der Waals surface area (Å²) < 4.78 is 4.89. The van der Waals surface area contributed by atoms with Crippen molar-refractivity contribution in [3.05, 3.63) is 29.6 Å². The maximum absolute atomic E-state index is 11.5. The van der Waals surface area contributed by atoms with E-state index in [-0.39, 0.29) is 24.3 Å². The molecule has 0 aromatic carbocycles. The molecule has 2 amide bonds. The highest BCUT2D eigenvalue weighted by Crippen LogP contribution is 2.00. The Morgan fingerprint density at radius 1 is 1.47 bits per heavy atom. The molecule has 1 unspecified atom stereocenters. The number of pyridine rings is 1. The number of nitrogens with one attached hydrogen (secondary N) is 2. The van der Waals surface area contributed by atoms with Gasteiger partial charge in [0.2, 0.25) is 0 Å². The Kier molecular flexibility index (Phi) is 5.74. The van der Waals surface area contributed by atoms with Crippen LogP contribution in [0, 0.1) is 0 Å². The normalized spacial score (nSPS) is 11.7. The number of methoxy groups -OCH3 is 1. The number of carbonyl (C=O) groups is 2. The number of rotatable bonds is 6. The summed E-state index contributed by atoms with van der Waals surface area (Å²) in [6, 6.07) is 2.60. The van der Waals surface area contributed by atoms with E-state index in [9.17, 15) is 9.59 Å². The van der Waals surface area contributed by atoms with E-state index in [2.05, 4.69) is 15.6 Å². The van der Waals surface area contributed by atoms with Crippen molar-refractivity contribution in [2.24, 2.45) is 0 Å². The summed E-state index contributed by atoms with van der Waals surface area (Å²) in [5, 5.41) is 14.0. The summed E-state index contributed by atoms with van der Waals surface area (Å²) in [4.78, 5) is 25.8. The van der Waals surface area contributed by atoms with Crippen molar-refractivity contribution in [3.8, 4) is 0 Å². The van der Waals surface area contributed by atoms with Crippen LogP contribution >= 0.6 is 0 Å². The Balaban J connectivity index is 2.39. The molecule has 0 aliphatic rings. The van der Waals surface area contributed by atoms with Crippen molar-refractivity contribution in [1.82, 2.24) is 15.6 Å². The number of hydrogen-bond donors (Lipinski definition) is 3. The molecule has 7 heteroatoms. The lowest BCUT2D eigenvalue weighted by molar-refractivity contribution is 0.0690. The van der Waals surface area contributed by atoms with Crippen LogP contribution in [0.3, 0.4) is 0 Å². The lowest BCUT2D eigenvalue weighted by atomic mass is 10.2. The number of ether oxygens (including phenoxy) is 1. The number of aromatic carboxylic acids is 1. The standard InChI is InChI=1S/C12H17N3O4/c1-8(7-19-2)15-12(18)14-6-9-3-4-10(11(16)17)13-5-9/h3-5,8H,6-7H2,1-2H3,(H,16,17)(H2,14,15,18). The zero-order valence-corrected chi connectivity index (χ0v) is 10.8. The minimum absolute atomic E-state index is 0.0260. The smallest absolute Gasteiger partial charge is 0.354 e. The zero-order valence-electron chi connectivity index (χ0n) is 10.8. The first kappa shape index (κ1) is 14.9. The molecule has 1 atom stereocenters. The first-order valence-electron chi connectivity index (χ1n) is 5.74. The molecule has 0 saturated carbocycles. The molecule has 0 bridgehead atoms. The number of carboxylic acids is 1. The highest BCUT2D eigenvalue weighted by molar-refractivity contribution is 5.85. The highest BCUT2D eigenvalue weighted by Gasteiger charge is 2.07. The van der Waals surface area contributed by atoms with Crippen LogP contribution in [0.25, 0.3) is 0 Å². The van der Waals surface area contributed by atoms with E-state index in [1.54, 1.807) is 13.2 Å². The molecule has 0 fully saturated rings. The molecule has 1 aromatic heterocycles. The number of carboxylic acid groups (broad SMARTS) is 1. The lowest BCUT2D eigenvalue weighted by Gasteiger charge is -2.13. The number of urea groups is 1. The van der Waals surface area contributed by atoms with Gasteiger partial charge in [-0.1, -0.05) is 6.07 Å². The Morgan fingerprint density at radius 3 is 2.74 bits per heavy atom. The second-order valence-corrected chi connectivity index (χ2v) is 4.04. The van der Waals surface area contributed by atoms with E-state index < -0.39 is 5.97 Å². The van der Waals surface area contributed by atoms with Crippen LogP contribution < -0.4 is 10.6 Å². The van der Waals surface area contributed by atoms with E-state index in [0.717, 1.165) is 5.56 Å². The van der Waals surface area contributed by atoms with E-state index >= 15 is 0 Å². The van der Waals surface area contributed by atoms with Crippen LogP contribution in [0.1, 0.15) is 23.0 Å². The molecule has 1 rings (SSSR count). The molecule has 0 aliphatic heterocycles. The Hall–Kier alpha value is -2.15. The molecule has 0 radical (unpaired) electrons. The molecular weight excluding hydrogens is 250 g/mol. The third-order valence-corrected chi connectivity index (χ3v) is 2.29. The van der Waals surface area contributed by atoms with Crippen molar-refractivity contribution in [2.75, 3.05) is 13.7 Å². The summed E-state index contributed by atoms with van der Waals surface area (Å²) in [6.45, 7) is 2.53. The number of hydrogen-bond acceptors (Lipinski definition) is 4. The minimum Gasteiger partial charge on any atom is -0.477 e. The zero-order chi connectivity index (χ0) is 14.3. The summed E-state index contributed by atoms with van der Waals surface area (Å²) >= 11 is 0. The van der Waals surface area contributed by atoms with Crippen LogP contribution in [-0.4, -0.2) is 41.8 Å². The Bertz CT molecular complexity index is 433. The van der Waals surface area contributed by atoms with E-state index in [4.69, 9.17) is 9.84 Å². The van der Waals surface area contributed by atoms with Crippen molar-refractivity contribution in [1.29, 1.82) is 0 Å². The van der Waals surface area contributed by atoms with Gasteiger partial charge in [0.05, 0.1) is 12.6 Å². The van der Waals surface area contributed by atoms with Gasteiger partial charge in [-0.3, -0.25) is 0 Å². The number of nitrogens with zero attached hydrogens (tertiary/aromatic N) is 1. The first-order valence-corrected chi connectivity index (χ1v) is 5.74. The summed E-state index contributed by atoms with van der Waals surface area (Å²) in [5.41, 5.74) is 0.696. The van der Waals surface area contributed by atoms with Crippen molar-refractivity contribution >= 4 is 12.0 Å². The Morgan fingerprint density at radius 2 is 2.21 bits per heavy atom. The van der Waals surface area contributed by atoms with Gasteiger partial charge >= 0.3 is 12.0 Å². The number of carbonyl (C=O) groups excluding carboxylic acids is 1. The number of amides is 2. The average molecular weight is 267 g/mol. The maximum Gasteiger partial charge on any atom is 0.354 e. The van der Waals surface area contributed by atoms with Gasteiger partial charge < -0.3 is 20.5 Å². The quantitative estimate of drug-likeness (QED) is 0.701. The largest absolute Gasteiger partial charge is 0.477 e. The molecule has 7 nitrogen and oxygen atoms in total. The second kappa shape index (κ2) is 7.32. The average Bonchev–Trinajstić information content (AvgIpc) is 2.37. The topological polar surface area (TPSA) is 101 Å². The molecule has 0 saturated heterocycles. The van der Waals surface area contributed by atoms with Gasteiger partial charge in [-0.2, -0.15) is 0 Å². The van der Waals surface area contributed by atoms with Gasteiger partial charge in [0, 0.05) is 19.9 Å². The lowest BCUT2D eigenvalue weighted by Crippen LogP contribution is -2.42. The molecule has 19 heavy (non-hydrogen) atoms. The van der Waals surface area contributed by atoms with Gasteiger partial charge in [-0.05, 0) is 18.6 Å². The predicted molar refractivity (Wildman–Crippen MR) is 67.9 cm³/mol.